The van der Waals surface area contributed by atoms with Crippen molar-refractivity contribution in [2.24, 2.45) is 0 Å². The highest BCUT2D eigenvalue weighted by Gasteiger charge is 2.20. The predicted molar refractivity (Wildman–Crippen MR) is 72.5 cm³/mol. The Morgan fingerprint density at radius 3 is 2.70 bits per heavy atom. The maximum Gasteiger partial charge on any atom is 0.201 e. The number of halogens is 1. The van der Waals surface area contributed by atoms with Gasteiger partial charge in [0.15, 0.2) is 16.6 Å². The molecule has 0 aliphatic heterocycles. The number of benzene rings is 1. The summed E-state index contributed by atoms with van der Waals surface area (Å²) in [5.41, 5.74) is 5.97. The normalized spacial score (nSPS) is 11.3. The van der Waals surface area contributed by atoms with E-state index < -0.39 is 15.7 Å². The molecule has 2 N–H and O–H groups in total. The Bertz CT molecular complexity index is 732. The summed E-state index contributed by atoms with van der Waals surface area (Å²) in [6, 6.07) is 6.98. The molecule has 7 heteroatoms. The van der Waals surface area contributed by atoms with Crippen LogP contribution in [0.2, 0.25) is 0 Å². The van der Waals surface area contributed by atoms with E-state index in [0.717, 1.165) is 6.07 Å². The molecule has 5 nitrogen and oxygen atoms in total. The first-order valence-electron chi connectivity index (χ1n) is 5.69. The van der Waals surface area contributed by atoms with Gasteiger partial charge in [-0.05, 0) is 29.8 Å². The zero-order valence-corrected chi connectivity index (χ0v) is 11.5. The second-order valence-electron chi connectivity index (χ2n) is 4.13. The van der Waals surface area contributed by atoms with E-state index >= 15 is 0 Å². The molecule has 0 atom stereocenters. The van der Waals surface area contributed by atoms with Crippen LogP contribution in [0, 0.1) is 5.82 Å². The molecular weight excluding hydrogens is 283 g/mol. The summed E-state index contributed by atoms with van der Waals surface area (Å²) >= 11 is 0. The Morgan fingerprint density at radius 2 is 2.10 bits per heavy atom. The lowest BCUT2D eigenvalue weighted by Crippen LogP contribution is -2.10. The number of nitrogens with zero attached hydrogens (tertiary/aromatic N) is 1. The van der Waals surface area contributed by atoms with Crippen molar-refractivity contribution in [2.75, 3.05) is 12.8 Å². The number of aromatic nitrogens is 1. The van der Waals surface area contributed by atoms with Crippen molar-refractivity contribution in [1.82, 2.24) is 4.98 Å². The predicted octanol–water partition coefficient (Wildman–Crippen LogP) is 1.79. The van der Waals surface area contributed by atoms with Gasteiger partial charge in [-0.1, -0.05) is 6.07 Å². The lowest BCUT2D eigenvalue weighted by Gasteiger charge is -2.07. The Hall–Kier alpha value is -2.15. The largest absolute Gasteiger partial charge is 0.494 e. The lowest BCUT2D eigenvalue weighted by molar-refractivity contribution is 0.386. The summed E-state index contributed by atoms with van der Waals surface area (Å²) in [5, 5.41) is -0.198. The number of nitrogen functional groups attached to an aromatic ring is 1. The van der Waals surface area contributed by atoms with Crippen LogP contribution < -0.4 is 10.5 Å². The van der Waals surface area contributed by atoms with Crippen molar-refractivity contribution in [3.63, 3.8) is 0 Å². The third kappa shape index (κ3) is 2.88. The number of sulfone groups is 1. The van der Waals surface area contributed by atoms with Gasteiger partial charge in [0.05, 0.1) is 18.6 Å². The fraction of sp³-hybridized carbons (Fsp3) is 0.154. The molecule has 1 heterocycles. The van der Waals surface area contributed by atoms with Gasteiger partial charge in [-0.2, -0.15) is 0 Å². The minimum absolute atomic E-state index is 0.0588. The molecule has 0 saturated carbocycles. The summed E-state index contributed by atoms with van der Waals surface area (Å²) < 4.78 is 42.7. The van der Waals surface area contributed by atoms with Crippen LogP contribution in [0.5, 0.6) is 5.75 Å². The van der Waals surface area contributed by atoms with Crippen LogP contribution >= 0.6 is 0 Å². The fourth-order valence-corrected chi connectivity index (χ4v) is 3.15. The summed E-state index contributed by atoms with van der Waals surface area (Å²) in [6.45, 7) is 0. The lowest BCUT2D eigenvalue weighted by atomic mass is 10.2. The molecular formula is C13H13FN2O3S. The minimum atomic E-state index is -3.72. The van der Waals surface area contributed by atoms with Crippen LogP contribution in [-0.4, -0.2) is 20.5 Å². The van der Waals surface area contributed by atoms with E-state index in [4.69, 9.17) is 10.5 Å². The first-order valence-corrected chi connectivity index (χ1v) is 7.35. The topological polar surface area (TPSA) is 82.3 Å². The van der Waals surface area contributed by atoms with Crippen LogP contribution in [0.3, 0.4) is 0 Å². The van der Waals surface area contributed by atoms with Gasteiger partial charge in [0.2, 0.25) is 9.84 Å². The molecule has 1 aromatic carbocycles. The molecule has 2 aromatic rings. The van der Waals surface area contributed by atoms with Crippen molar-refractivity contribution >= 4 is 15.5 Å². The van der Waals surface area contributed by atoms with Gasteiger partial charge in [0, 0.05) is 6.20 Å². The second kappa shape index (κ2) is 5.46. The number of hydrogen-bond donors (Lipinski definition) is 1. The molecule has 0 fully saturated rings. The van der Waals surface area contributed by atoms with E-state index in [2.05, 4.69) is 4.98 Å². The summed E-state index contributed by atoms with van der Waals surface area (Å²) in [4.78, 5) is 3.77. The van der Waals surface area contributed by atoms with Crippen molar-refractivity contribution in [1.29, 1.82) is 0 Å². The second-order valence-corrected chi connectivity index (χ2v) is 6.03. The number of pyridine rings is 1. The number of rotatable bonds is 4. The molecule has 0 aliphatic carbocycles. The first-order chi connectivity index (χ1) is 9.44. The molecule has 20 heavy (non-hydrogen) atoms. The minimum Gasteiger partial charge on any atom is -0.494 e. The van der Waals surface area contributed by atoms with Gasteiger partial charge in [0.25, 0.3) is 0 Å². The highest BCUT2D eigenvalue weighted by atomic mass is 32.2. The van der Waals surface area contributed by atoms with Gasteiger partial charge in [-0.3, -0.25) is 0 Å². The Morgan fingerprint density at radius 1 is 1.35 bits per heavy atom. The number of anilines is 1. The summed E-state index contributed by atoms with van der Waals surface area (Å²) in [6.07, 6.45) is 1.35. The Balaban J connectivity index is 2.34. The standard InChI is InChI=1S/C13H13FN2O3S/c1-19-12-5-4-9(7-10(12)14)8-20(17,18)13-11(15)3-2-6-16-13/h2-7H,8,15H2,1H3. The molecule has 2 rings (SSSR count). The van der Waals surface area contributed by atoms with E-state index in [9.17, 15) is 12.8 Å². The highest BCUT2D eigenvalue weighted by molar-refractivity contribution is 7.90. The van der Waals surface area contributed by atoms with Crippen molar-refractivity contribution < 1.29 is 17.5 Å². The van der Waals surface area contributed by atoms with Crippen molar-refractivity contribution in [3.05, 3.63) is 47.9 Å². The maximum atomic E-state index is 13.5. The van der Waals surface area contributed by atoms with Crippen LogP contribution in [0.4, 0.5) is 10.1 Å². The SMILES string of the molecule is COc1ccc(CS(=O)(=O)c2ncccc2N)cc1F. The van der Waals surface area contributed by atoms with Gasteiger partial charge < -0.3 is 10.5 Å². The van der Waals surface area contributed by atoms with E-state index in [1.54, 1.807) is 6.07 Å². The van der Waals surface area contributed by atoms with E-state index in [1.807, 2.05) is 0 Å². The molecule has 0 radical (unpaired) electrons. The zero-order chi connectivity index (χ0) is 14.8. The third-order valence-electron chi connectivity index (χ3n) is 2.67. The molecule has 0 saturated heterocycles. The molecule has 0 aliphatic rings. The molecule has 0 spiro atoms. The summed E-state index contributed by atoms with van der Waals surface area (Å²) in [7, 11) is -2.39. The van der Waals surface area contributed by atoms with E-state index in [-0.39, 0.29) is 22.2 Å². The first kappa shape index (κ1) is 14.3. The van der Waals surface area contributed by atoms with E-state index in [0.29, 0.717) is 5.56 Å². The van der Waals surface area contributed by atoms with Crippen LogP contribution in [-0.2, 0) is 15.6 Å². The van der Waals surface area contributed by atoms with Gasteiger partial charge in [0.1, 0.15) is 0 Å². The van der Waals surface area contributed by atoms with Crippen molar-refractivity contribution in [3.8, 4) is 5.75 Å². The molecule has 106 valence electrons. The summed E-state index contributed by atoms with van der Waals surface area (Å²) in [5.74, 6) is -0.938. The maximum absolute atomic E-state index is 13.5. The average molecular weight is 296 g/mol. The molecule has 0 amide bonds. The number of hydrogen-bond acceptors (Lipinski definition) is 5. The average Bonchev–Trinajstić information content (AvgIpc) is 2.38. The van der Waals surface area contributed by atoms with Gasteiger partial charge >= 0.3 is 0 Å². The smallest absolute Gasteiger partial charge is 0.201 e. The van der Waals surface area contributed by atoms with Crippen LogP contribution in [0.15, 0.2) is 41.6 Å². The third-order valence-corrected chi connectivity index (χ3v) is 4.31. The van der Waals surface area contributed by atoms with E-state index in [1.165, 1.54) is 31.5 Å². The van der Waals surface area contributed by atoms with Crippen LogP contribution in [0.1, 0.15) is 5.56 Å². The van der Waals surface area contributed by atoms with Gasteiger partial charge in [-0.15, -0.1) is 0 Å². The highest BCUT2D eigenvalue weighted by Crippen LogP contribution is 2.23. The fourth-order valence-electron chi connectivity index (χ4n) is 1.75. The Labute approximate surface area is 116 Å². The number of nitrogens with two attached hydrogens (primary N) is 1. The molecule has 0 unspecified atom stereocenters. The van der Waals surface area contributed by atoms with Crippen molar-refractivity contribution in [2.45, 2.75) is 10.8 Å². The quantitative estimate of drug-likeness (QED) is 0.930. The zero-order valence-electron chi connectivity index (χ0n) is 10.7. The monoisotopic (exact) mass is 296 g/mol. The number of methoxy groups -OCH3 is 1. The molecule has 0 bridgehead atoms. The number of ether oxygens (including phenoxy) is 1. The van der Waals surface area contributed by atoms with Crippen LogP contribution in [0.25, 0.3) is 0 Å². The Kier molecular flexibility index (Phi) is 3.89. The molecule has 1 aromatic heterocycles. The van der Waals surface area contributed by atoms with Gasteiger partial charge in [-0.25, -0.2) is 17.8 Å².